The molecular formula is C95H144Br2FN11O10S7Si4. The van der Waals surface area contributed by atoms with Crippen LogP contribution >= 0.6 is 79.8 Å². The SMILES string of the molecule is CC.CC.C[Si](C)(C)CCOCn1ccc2cc(Br)c(F)nc21.C[Si](C)(C)CCOCn1ccc2cc3c(nc21)SCCCC3.Cc1ccc(S(=O)(=O)N2CCCSc3nc4c(ccn4COCC[Si](C)(C)C)cc32)cc1.Cc1ccc(S(=O)(=O)NCC(C)CCSc2nc3c(ccn3COCC[Si](C)(C)C)cc2Br)cc1.Cc1ccc(S(=O)(=O)NCCC(C)(C)CS)cc1. The number of benzene rings is 3. The number of rotatable bonds is 36. The Morgan fingerprint density at radius 1 is 0.508 bits per heavy atom. The molecule has 0 saturated carbocycles. The van der Waals surface area contributed by atoms with E-state index in [1.54, 1.807) is 78.1 Å². The van der Waals surface area contributed by atoms with Gasteiger partial charge in [0.15, 0.2) is 0 Å². The maximum absolute atomic E-state index is 13.5. The van der Waals surface area contributed by atoms with E-state index in [-0.39, 0.29) is 11.3 Å². The molecule has 130 heavy (non-hydrogen) atoms. The summed E-state index contributed by atoms with van der Waals surface area (Å²) in [6, 6.07) is 41.6. The first-order valence-electron chi connectivity index (χ1n) is 45.2. The molecule has 0 bridgehead atoms. The third-order valence-corrected chi connectivity index (χ3v) is 38.1. The van der Waals surface area contributed by atoms with Crippen molar-refractivity contribution in [3.8, 4) is 0 Å². The van der Waals surface area contributed by atoms with Crippen LogP contribution in [0.5, 0.6) is 0 Å². The van der Waals surface area contributed by atoms with Gasteiger partial charge in [0.2, 0.25) is 26.0 Å². The molecule has 0 amide bonds. The Kier molecular flexibility index (Phi) is 45.2. The Hall–Kier alpha value is -5.01. The van der Waals surface area contributed by atoms with Crippen molar-refractivity contribution in [3.63, 3.8) is 0 Å². The van der Waals surface area contributed by atoms with E-state index in [4.69, 9.17) is 33.9 Å². The van der Waals surface area contributed by atoms with Gasteiger partial charge in [0, 0.05) is 130 Å². The highest BCUT2D eigenvalue weighted by molar-refractivity contribution is 9.10. The molecule has 13 rings (SSSR count). The molecule has 718 valence electrons. The zero-order chi connectivity index (χ0) is 96.0. The monoisotopic (exact) mass is 2110 g/mol. The predicted molar refractivity (Wildman–Crippen MR) is 568 cm³/mol. The zero-order valence-corrected chi connectivity index (χ0v) is 93.7. The molecule has 2 aliphatic heterocycles. The molecular weight excluding hydrogens is 1970 g/mol. The van der Waals surface area contributed by atoms with Crippen LogP contribution in [-0.4, -0.2) is 165 Å². The van der Waals surface area contributed by atoms with Crippen molar-refractivity contribution in [2.24, 2.45) is 11.3 Å². The first kappa shape index (κ1) is 112. The van der Waals surface area contributed by atoms with Gasteiger partial charge in [-0.15, -0.1) is 35.3 Å². The van der Waals surface area contributed by atoms with Crippen molar-refractivity contribution in [1.29, 1.82) is 0 Å². The summed E-state index contributed by atoms with van der Waals surface area (Å²) in [6.07, 6.45) is 14.1. The number of pyridine rings is 4. The number of sulfonamides is 3. The van der Waals surface area contributed by atoms with E-state index in [9.17, 15) is 29.6 Å². The van der Waals surface area contributed by atoms with E-state index in [1.807, 2.05) is 130 Å². The third-order valence-electron chi connectivity index (χ3n) is 21.0. The van der Waals surface area contributed by atoms with Crippen LogP contribution in [0.25, 0.3) is 44.1 Å². The van der Waals surface area contributed by atoms with E-state index >= 15 is 0 Å². The molecule has 1 unspecified atom stereocenters. The molecule has 0 fully saturated rings. The lowest BCUT2D eigenvalue weighted by Gasteiger charge is -2.24. The highest BCUT2D eigenvalue weighted by Gasteiger charge is 2.31. The Morgan fingerprint density at radius 3 is 1.34 bits per heavy atom. The summed E-state index contributed by atoms with van der Waals surface area (Å²) < 4.78 is 129. The van der Waals surface area contributed by atoms with Crippen molar-refractivity contribution in [2.75, 3.05) is 73.4 Å². The van der Waals surface area contributed by atoms with E-state index in [2.05, 4.69) is 198 Å². The van der Waals surface area contributed by atoms with Gasteiger partial charge in [-0.05, 0) is 234 Å². The molecule has 11 aromatic rings. The minimum Gasteiger partial charge on any atom is -0.361 e. The van der Waals surface area contributed by atoms with Gasteiger partial charge in [0.05, 0.1) is 29.3 Å². The number of nitrogens with one attached hydrogen (secondary N) is 2. The second kappa shape index (κ2) is 52.5. The number of ether oxygens (including phenoxy) is 4. The van der Waals surface area contributed by atoms with Gasteiger partial charge < -0.3 is 37.2 Å². The number of anilines is 1. The van der Waals surface area contributed by atoms with Crippen LogP contribution in [0.4, 0.5) is 10.1 Å². The quantitative estimate of drug-likeness (QED) is 0.0109. The summed E-state index contributed by atoms with van der Waals surface area (Å²) in [6.45, 7) is 54.6. The second-order valence-electron chi connectivity index (χ2n) is 38.1. The highest BCUT2D eigenvalue weighted by Crippen LogP contribution is 2.39. The summed E-state index contributed by atoms with van der Waals surface area (Å²) in [5.41, 5.74) is 8.69. The van der Waals surface area contributed by atoms with Crippen LogP contribution in [0.1, 0.15) is 103 Å². The second-order valence-corrected chi connectivity index (χ2v) is 71.2. The fourth-order valence-corrected chi connectivity index (χ4v) is 23.7. The summed E-state index contributed by atoms with van der Waals surface area (Å²) in [4.78, 5) is 19.6. The number of hydrogen-bond donors (Lipinski definition) is 3. The lowest BCUT2D eigenvalue weighted by Crippen LogP contribution is -2.32. The Bertz CT molecular complexity index is 5710. The molecule has 21 nitrogen and oxygen atoms in total. The summed E-state index contributed by atoms with van der Waals surface area (Å²) in [5.74, 6) is 3.32. The van der Waals surface area contributed by atoms with Crippen molar-refractivity contribution in [1.82, 2.24) is 47.6 Å². The number of hydrogen-bond acceptors (Lipinski definition) is 18. The largest absolute Gasteiger partial charge is 0.361 e. The van der Waals surface area contributed by atoms with Gasteiger partial charge in [-0.1, -0.05) is 180 Å². The number of thioether (sulfide) groups is 3. The molecule has 35 heteroatoms. The fraction of sp³-hybridized carbons (Fsp3) is 0.516. The van der Waals surface area contributed by atoms with Gasteiger partial charge in [-0.3, -0.25) is 4.31 Å². The van der Waals surface area contributed by atoms with Crippen molar-refractivity contribution in [2.45, 2.75) is 267 Å². The molecule has 10 heterocycles. The zero-order valence-electron chi connectivity index (χ0n) is 80.7. The van der Waals surface area contributed by atoms with Gasteiger partial charge in [0.25, 0.3) is 10.0 Å². The molecule has 3 aromatic carbocycles. The van der Waals surface area contributed by atoms with Crippen molar-refractivity contribution < 1.29 is 48.6 Å². The highest BCUT2D eigenvalue weighted by atomic mass is 79.9. The standard InChI is InChI=1S/C25H36BrN3O3S2Si.C23H31N3O3S2Si.C17H26N2OSSi.C13H18BrFN2OSi.C13H21NO2S2.2C2H6/c1-19-6-8-22(9-7-19)34(30,31)27-17-20(2)11-14-33-25-23(26)16-21-10-12-29(24(21)28-25)18-32-13-15-35(3,4)5;1-18-6-8-20(9-7-18)31(27,28)26-11-5-14-30-23-21(26)16-19-10-12-25(22(19)24-23)17-29-13-15-32(2,3)4;1-22(2,3)11-9-20-13-19-8-7-14-12-15-6-4-5-10-21-17(15)18-16(14)19;1-19(2,3)7-6-18-9-17-5-4-10-8-11(14)12(15)16-13(10)17;1-11-4-6-12(7-5-11)18(15,16)14-9-8-13(2,3)10-17;2*1-2/h6-10,12,16,20,27H,11,13-15,17-18H2,1-5H3;6-10,12,16H,5,11,13-15,17H2,1-4H3;7-8,12H,4-6,9-11,13H2,1-3H3;4-5,8H,6-7,9H2,1-3H3;4-7,14,17H,8-10H2,1-3H3;2*1-2H3. The Balaban J connectivity index is 0.000000225. The minimum absolute atomic E-state index is 0.0406. The van der Waals surface area contributed by atoms with E-state index in [0.717, 1.165) is 145 Å². The average molecular weight is 2120 g/mol. The number of halogens is 3. The van der Waals surface area contributed by atoms with Gasteiger partial charge in [0.1, 0.15) is 64.6 Å². The maximum Gasteiger partial charge on any atom is 0.264 e. The smallest absolute Gasteiger partial charge is 0.264 e. The van der Waals surface area contributed by atoms with Crippen LogP contribution in [0.15, 0.2) is 185 Å². The number of thiol groups is 1. The molecule has 8 aromatic heterocycles. The number of nitrogens with zero attached hydrogens (tertiary/aromatic N) is 9. The van der Waals surface area contributed by atoms with E-state index < -0.39 is 68.3 Å². The first-order valence-corrected chi connectivity index (χ1v) is 69.6. The summed E-state index contributed by atoms with van der Waals surface area (Å²) in [7, 11) is -14.8. The van der Waals surface area contributed by atoms with Gasteiger partial charge in [-0.25, -0.2) is 54.6 Å². The van der Waals surface area contributed by atoms with Gasteiger partial charge >= 0.3 is 0 Å². The van der Waals surface area contributed by atoms with Crippen LogP contribution < -0.4 is 13.7 Å². The molecule has 0 aliphatic carbocycles. The summed E-state index contributed by atoms with van der Waals surface area (Å²) >= 11 is 16.3. The first-order chi connectivity index (χ1) is 61.3. The van der Waals surface area contributed by atoms with Crippen LogP contribution in [-0.2, 0) is 82.4 Å². The Morgan fingerprint density at radius 2 is 0.892 bits per heavy atom. The Labute approximate surface area is 816 Å². The molecule has 2 N–H and O–H groups in total. The molecule has 1 atom stereocenters. The lowest BCUT2D eigenvalue weighted by atomic mass is 9.92. The van der Waals surface area contributed by atoms with Crippen molar-refractivity contribution >= 4 is 192 Å². The summed E-state index contributed by atoms with van der Waals surface area (Å²) in [5, 5.41) is 7.07. The molecule has 0 radical (unpaired) electrons. The third kappa shape index (κ3) is 36.8. The number of aryl methyl sites for hydroxylation is 4. The minimum atomic E-state index is -3.66. The van der Waals surface area contributed by atoms with Gasteiger partial charge in [-0.2, -0.15) is 17.0 Å². The van der Waals surface area contributed by atoms with E-state index in [0.29, 0.717) is 77.1 Å². The van der Waals surface area contributed by atoms with Crippen molar-refractivity contribution in [3.05, 3.63) is 183 Å². The number of aromatic nitrogens is 8. The molecule has 0 saturated heterocycles. The van der Waals surface area contributed by atoms with Crippen LogP contribution in [0.3, 0.4) is 0 Å². The predicted octanol–water partition coefficient (Wildman–Crippen LogP) is 25.6. The van der Waals surface area contributed by atoms with Crippen LogP contribution in [0, 0.1) is 38.1 Å². The molecule has 2 aliphatic rings. The average Bonchev–Trinajstić information content (AvgIpc) is 1.51. The molecule has 0 spiro atoms. The topological polar surface area (TPSA) is 238 Å². The fourth-order valence-electron chi connectivity index (χ4n) is 12.7. The van der Waals surface area contributed by atoms with E-state index in [1.165, 1.54) is 51.3 Å². The van der Waals surface area contributed by atoms with Crippen LogP contribution in [0.2, 0.25) is 103 Å². The normalized spacial score (nSPS) is 13.6. The maximum atomic E-state index is 13.5. The number of fused-ring (bicyclic) bond motifs is 6. The lowest BCUT2D eigenvalue weighted by molar-refractivity contribution is 0.0897.